The summed E-state index contributed by atoms with van der Waals surface area (Å²) in [4.78, 5) is 2.75. The van der Waals surface area contributed by atoms with Crippen molar-refractivity contribution in [3.8, 4) is 11.5 Å². The molecule has 2 fully saturated rings. The van der Waals surface area contributed by atoms with Gasteiger partial charge in [0.1, 0.15) is 6.10 Å². The number of benzene rings is 1. The lowest BCUT2D eigenvalue weighted by atomic mass is 9.51. The van der Waals surface area contributed by atoms with Gasteiger partial charge in [-0.3, -0.25) is 4.90 Å². The molecule has 5 rings (SSSR count). The molecule has 1 aromatic rings. The highest BCUT2D eigenvalue weighted by Gasteiger charge is 2.65. The summed E-state index contributed by atoms with van der Waals surface area (Å²) < 4.78 is 12.1. The Balaban J connectivity index is 1.63. The number of ether oxygens (including phenoxy) is 2. The first-order chi connectivity index (χ1) is 12.6. The van der Waals surface area contributed by atoms with Gasteiger partial charge in [0.05, 0.1) is 13.2 Å². The van der Waals surface area contributed by atoms with Crippen LogP contribution in [0.5, 0.6) is 11.5 Å². The Kier molecular flexibility index (Phi) is 3.81. The average molecular weight is 357 g/mol. The fourth-order valence-corrected chi connectivity index (χ4v) is 6.50. The molecule has 2 heterocycles. The van der Waals surface area contributed by atoms with Crippen LogP contribution in [0.1, 0.15) is 50.7 Å². The molecule has 1 N–H and O–H groups in total. The molecule has 26 heavy (non-hydrogen) atoms. The van der Waals surface area contributed by atoms with E-state index in [-0.39, 0.29) is 17.6 Å². The topological polar surface area (TPSA) is 41.9 Å². The third kappa shape index (κ3) is 2.03. The lowest BCUT2D eigenvalue weighted by molar-refractivity contribution is -0.106. The number of rotatable bonds is 4. The molecule has 4 heteroatoms. The summed E-state index contributed by atoms with van der Waals surface area (Å²) in [6.45, 7) is 6.98. The predicted octanol–water partition coefficient (Wildman–Crippen LogP) is 3.14. The zero-order valence-corrected chi connectivity index (χ0v) is 16.2. The third-order valence-corrected chi connectivity index (χ3v) is 7.85. The van der Waals surface area contributed by atoms with Gasteiger partial charge in [-0.2, -0.15) is 0 Å². The van der Waals surface area contributed by atoms with Crippen molar-refractivity contribution in [2.24, 2.45) is 11.8 Å². The molecule has 2 unspecified atom stereocenters. The summed E-state index contributed by atoms with van der Waals surface area (Å²) >= 11 is 0. The molecule has 0 aromatic heterocycles. The fourth-order valence-electron chi connectivity index (χ4n) is 6.50. The van der Waals surface area contributed by atoms with Crippen molar-refractivity contribution in [2.45, 2.75) is 69.6 Å². The van der Waals surface area contributed by atoms with Gasteiger partial charge in [-0.1, -0.05) is 26.3 Å². The van der Waals surface area contributed by atoms with E-state index in [9.17, 15) is 5.11 Å². The molecule has 2 bridgehead atoms. The molecule has 1 saturated carbocycles. The quantitative estimate of drug-likeness (QED) is 0.899. The molecule has 1 spiro atoms. The Morgan fingerprint density at radius 1 is 1.38 bits per heavy atom. The standard InChI is InChI=1S/C22H31NO3/c1-4-13(2)12-23-10-9-22-15-6-7-17(24)21(22)26-20-18(25-3)8-5-14(19(20)22)11-16(15)23/h5,8,13,15-17,21,24H,4,6-7,9-12H2,1-3H3/t13?,15-,16+,17+,21?,22-/m1/s1. The number of piperidine rings is 1. The molecule has 2 aliphatic carbocycles. The smallest absolute Gasteiger partial charge is 0.165 e. The summed E-state index contributed by atoms with van der Waals surface area (Å²) in [6.07, 6.45) is 4.95. The van der Waals surface area contributed by atoms with Crippen LogP contribution in [0.3, 0.4) is 0 Å². The van der Waals surface area contributed by atoms with Crippen LogP contribution in [0.4, 0.5) is 0 Å². The zero-order chi connectivity index (χ0) is 18.1. The highest BCUT2D eigenvalue weighted by molar-refractivity contribution is 5.61. The van der Waals surface area contributed by atoms with Crippen molar-refractivity contribution in [2.75, 3.05) is 20.2 Å². The third-order valence-electron chi connectivity index (χ3n) is 7.85. The van der Waals surface area contributed by atoms with Crippen LogP contribution in [-0.2, 0) is 11.8 Å². The van der Waals surface area contributed by atoms with Gasteiger partial charge in [-0.25, -0.2) is 0 Å². The number of aliphatic hydroxyl groups is 1. The van der Waals surface area contributed by atoms with E-state index in [0.717, 1.165) is 49.6 Å². The van der Waals surface area contributed by atoms with Crippen molar-refractivity contribution < 1.29 is 14.6 Å². The van der Waals surface area contributed by atoms with E-state index < -0.39 is 0 Å². The minimum absolute atomic E-state index is 0.00819. The second-order valence-corrected chi connectivity index (χ2v) is 8.99. The molecule has 4 aliphatic rings. The van der Waals surface area contributed by atoms with Gasteiger partial charge in [-0.15, -0.1) is 0 Å². The van der Waals surface area contributed by atoms with Crippen molar-refractivity contribution in [3.63, 3.8) is 0 Å². The SMILES string of the molecule is CCC(C)CN1CC[C@@]23c4c5ccc(OC)c4OC2[C@@H](O)CC[C@@H]3[C@@H]1C5. The fraction of sp³-hybridized carbons (Fsp3) is 0.727. The Morgan fingerprint density at radius 3 is 3.00 bits per heavy atom. The Morgan fingerprint density at radius 2 is 2.23 bits per heavy atom. The van der Waals surface area contributed by atoms with Gasteiger partial charge in [0.25, 0.3) is 0 Å². The number of aliphatic hydroxyl groups excluding tert-OH is 1. The molecule has 0 amide bonds. The van der Waals surface area contributed by atoms with E-state index >= 15 is 0 Å². The maximum Gasteiger partial charge on any atom is 0.165 e. The number of hydrogen-bond donors (Lipinski definition) is 1. The molecule has 1 aromatic carbocycles. The van der Waals surface area contributed by atoms with Crippen LogP contribution in [0.2, 0.25) is 0 Å². The van der Waals surface area contributed by atoms with E-state index in [1.165, 1.54) is 24.1 Å². The van der Waals surface area contributed by atoms with Gasteiger partial charge in [0, 0.05) is 23.6 Å². The summed E-state index contributed by atoms with van der Waals surface area (Å²) in [5.41, 5.74) is 2.80. The molecule has 6 atom stereocenters. The van der Waals surface area contributed by atoms with Gasteiger partial charge in [0.2, 0.25) is 0 Å². The summed E-state index contributed by atoms with van der Waals surface area (Å²) in [6, 6.07) is 4.90. The monoisotopic (exact) mass is 357 g/mol. The molecular formula is C22H31NO3. The number of likely N-dealkylation sites (tertiary alicyclic amines) is 1. The first-order valence-corrected chi connectivity index (χ1v) is 10.4. The van der Waals surface area contributed by atoms with E-state index in [0.29, 0.717) is 12.0 Å². The lowest BCUT2D eigenvalue weighted by Crippen LogP contribution is -2.67. The Bertz CT molecular complexity index is 720. The number of methoxy groups -OCH3 is 1. The van der Waals surface area contributed by atoms with Crippen molar-refractivity contribution in [3.05, 3.63) is 23.3 Å². The minimum Gasteiger partial charge on any atom is -0.493 e. The molecular weight excluding hydrogens is 326 g/mol. The van der Waals surface area contributed by atoms with Gasteiger partial charge >= 0.3 is 0 Å². The first kappa shape index (κ1) is 16.9. The maximum absolute atomic E-state index is 10.8. The lowest BCUT2D eigenvalue weighted by Gasteiger charge is -2.59. The van der Waals surface area contributed by atoms with Crippen LogP contribution in [0, 0.1) is 11.8 Å². The highest BCUT2D eigenvalue weighted by Crippen LogP contribution is 2.63. The van der Waals surface area contributed by atoms with Crippen molar-refractivity contribution >= 4 is 0 Å². The van der Waals surface area contributed by atoms with Crippen LogP contribution >= 0.6 is 0 Å². The van der Waals surface area contributed by atoms with Gasteiger partial charge < -0.3 is 14.6 Å². The van der Waals surface area contributed by atoms with Crippen LogP contribution in [0.25, 0.3) is 0 Å². The van der Waals surface area contributed by atoms with Crippen LogP contribution in [-0.4, -0.2) is 48.5 Å². The summed E-state index contributed by atoms with van der Waals surface area (Å²) in [5.74, 6) is 3.09. The minimum atomic E-state index is -0.365. The summed E-state index contributed by atoms with van der Waals surface area (Å²) in [7, 11) is 1.72. The zero-order valence-electron chi connectivity index (χ0n) is 16.2. The molecule has 0 radical (unpaired) electrons. The van der Waals surface area contributed by atoms with E-state index in [1.54, 1.807) is 7.11 Å². The molecule has 4 nitrogen and oxygen atoms in total. The molecule has 2 aliphatic heterocycles. The Labute approximate surface area is 156 Å². The summed E-state index contributed by atoms with van der Waals surface area (Å²) in [5, 5.41) is 10.8. The average Bonchev–Trinajstić information content (AvgIpc) is 3.00. The van der Waals surface area contributed by atoms with Crippen LogP contribution in [0.15, 0.2) is 12.1 Å². The van der Waals surface area contributed by atoms with E-state index in [2.05, 4.69) is 30.9 Å². The van der Waals surface area contributed by atoms with Gasteiger partial charge in [0.15, 0.2) is 11.5 Å². The predicted molar refractivity (Wildman–Crippen MR) is 101 cm³/mol. The second kappa shape index (κ2) is 5.87. The number of hydrogen-bond acceptors (Lipinski definition) is 4. The normalized spacial score (nSPS) is 38.5. The number of nitrogens with zero attached hydrogens (tertiary/aromatic N) is 1. The Hall–Kier alpha value is -1.26. The maximum atomic E-state index is 10.8. The van der Waals surface area contributed by atoms with E-state index in [1.807, 2.05) is 0 Å². The highest BCUT2D eigenvalue weighted by atomic mass is 16.5. The van der Waals surface area contributed by atoms with Gasteiger partial charge in [-0.05, 0) is 55.7 Å². The second-order valence-electron chi connectivity index (χ2n) is 8.99. The first-order valence-electron chi connectivity index (χ1n) is 10.4. The molecule has 142 valence electrons. The van der Waals surface area contributed by atoms with E-state index in [4.69, 9.17) is 9.47 Å². The van der Waals surface area contributed by atoms with Crippen molar-refractivity contribution in [1.82, 2.24) is 4.90 Å². The van der Waals surface area contributed by atoms with Crippen LogP contribution < -0.4 is 9.47 Å². The largest absolute Gasteiger partial charge is 0.493 e. The van der Waals surface area contributed by atoms with Crippen molar-refractivity contribution in [1.29, 1.82) is 0 Å². The molecule has 1 saturated heterocycles.